The molecule has 1 aromatic carbocycles. The van der Waals surface area contributed by atoms with Crippen LogP contribution in [-0.4, -0.2) is 41.2 Å². The number of carbonyl (C=O) groups is 2. The molecule has 1 saturated carbocycles. The molecule has 5 nitrogen and oxygen atoms in total. The Morgan fingerprint density at radius 3 is 2.68 bits per heavy atom. The fourth-order valence-corrected chi connectivity index (χ4v) is 5.14. The summed E-state index contributed by atoms with van der Waals surface area (Å²) in [5.74, 6) is -0.182. The van der Waals surface area contributed by atoms with Gasteiger partial charge in [0.15, 0.2) is 5.78 Å². The lowest BCUT2D eigenvalue weighted by molar-refractivity contribution is -0.121. The van der Waals surface area contributed by atoms with Gasteiger partial charge in [0.05, 0.1) is 11.1 Å². The molecule has 3 atom stereocenters. The van der Waals surface area contributed by atoms with Gasteiger partial charge in [-0.1, -0.05) is 31.7 Å². The van der Waals surface area contributed by atoms with Crippen molar-refractivity contribution in [1.82, 2.24) is 4.90 Å². The number of ether oxygens (including phenoxy) is 1. The summed E-state index contributed by atoms with van der Waals surface area (Å²) in [7, 11) is 0. The molecule has 0 aromatic heterocycles. The molecule has 0 spiro atoms. The van der Waals surface area contributed by atoms with Crippen LogP contribution in [0.4, 0.5) is 10.5 Å². The fourth-order valence-electron chi connectivity index (χ4n) is 5.14. The van der Waals surface area contributed by atoms with Gasteiger partial charge in [-0.3, -0.25) is 9.79 Å². The number of Topliss-reactive ketones (excluding diaryl/α,β-unsaturated/α-hetero) is 1. The van der Waals surface area contributed by atoms with Crippen LogP contribution in [0.5, 0.6) is 0 Å². The molecule has 0 unspecified atom stereocenters. The van der Waals surface area contributed by atoms with Gasteiger partial charge in [-0.05, 0) is 45.7 Å². The Morgan fingerprint density at radius 2 is 2.00 bits per heavy atom. The third kappa shape index (κ3) is 2.41. The van der Waals surface area contributed by atoms with Gasteiger partial charge in [0.1, 0.15) is 5.60 Å². The minimum atomic E-state index is -0.698. The average molecular weight is 380 g/mol. The summed E-state index contributed by atoms with van der Waals surface area (Å²) in [6.07, 6.45) is 0.301. The Hall–Kier alpha value is -2.43. The molecule has 0 N–H and O–H groups in total. The Bertz CT molecular complexity index is 926. The van der Waals surface area contributed by atoms with Gasteiger partial charge in [-0.2, -0.15) is 0 Å². The predicted octanol–water partition coefficient (Wildman–Crippen LogP) is 4.43. The second-order valence-corrected chi connectivity index (χ2v) is 9.50. The first-order valence-corrected chi connectivity index (χ1v) is 9.91. The maximum atomic E-state index is 13.3. The number of likely N-dealkylation sites (tertiary alicyclic amines) is 1. The topological polar surface area (TPSA) is 59.0 Å². The molecule has 1 aliphatic carbocycles. The summed E-state index contributed by atoms with van der Waals surface area (Å²) >= 11 is 0. The third-order valence-electron chi connectivity index (χ3n) is 6.59. The van der Waals surface area contributed by atoms with E-state index < -0.39 is 16.4 Å². The molecule has 2 aliphatic heterocycles. The highest BCUT2D eigenvalue weighted by atomic mass is 16.6. The molecular formula is C23H28N2O3. The first-order valence-electron chi connectivity index (χ1n) is 9.91. The zero-order chi connectivity index (χ0) is 20.5. The van der Waals surface area contributed by atoms with Crippen molar-refractivity contribution in [1.29, 1.82) is 0 Å². The van der Waals surface area contributed by atoms with Crippen LogP contribution in [0, 0.1) is 11.3 Å². The highest BCUT2D eigenvalue weighted by Gasteiger charge is 2.63. The van der Waals surface area contributed by atoms with Crippen LogP contribution < -0.4 is 0 Å². The number of carbonyl (C=O) groups excluding carboxylic acids is 2. The number of hydrogen-bond acceptors (Lipinski definition) is 4. The standard InChI is InChI=1S/C23H28N2O3/c1-14-18(26)15(2)23-11-12-25(20(27)28-21(3,4)5)13-22(14,6)19(23)24-17-10-8-7-9-16(17)23/h7-10,15H,1,11-13H2,2-6H3/t15-,22-,23+/m0/s1. The van der Waals surface area contributed by atoms with Gasteiger partial charge in [0.2, 0.25) is 0 Å². The van der Waals surface area contributed by atoms with Crippen molar-refractivity contribution in [3.63, 3.8) is 0 Å². The molecule has 2 fully saturated rings. The fraction of sp³-hybridized carbons (Fsp3) is 0.522. The summed E-state index contributed by atoms with van der Waals surface area (Å²) in [5.41, 5.74) is 1.79. The maximum Gasteiger partial charge on any atom is 0.410 e. The van der Waals surface area contributed by atoms with Crippen molar-refractivity contribution in [2.75, 3.05) is 13.1 Å². The van der Waals surface area contributed by atoms with E-state index >= 15 is 0 Å². The molecule has 1 aromatic rings. The summed E-state index contributed by atoms with van der Waals surface area (Å²) in [4.78, 5) is 32.9. The number of fused-ring (bicyclic) bond motifs is 1. The van der Waals surface area contributed by atoms with Crippen LogP contribution in [0.3, 0.4) is 0 Å². The minimum Gasteiger partial charge on any atom is -0.444 e. The van der Waals surface area contributed by atoms with E-state index in [2.05, 4.69) is 12.6 Å². The van der Waals surface area contributed by atoms with Crippen LogP contribution in [0.2, 0.25) is 0 Å². The lowest BCUT2D eigenvalue weighted by atomic mass is 9.52. The van der Waals surface area contributed by atoms with E-state index in [0.29, 0.717) is 25.1 Å². The van der Waals surface area contributed by atoms with Crippen LogP contribution >= 0.6 is 0 Å². The van der Waals surface area contributed by atoms with Gasteiger partial charge in [0.25, 0.3) is 0 Å². The summed E-state index contributed by atoms with van der Waals surface area (Å²) in [5, 5.41) is 0. The minimum absolute atomic E-state index is 0.0733. The first kappa shape index (κ1) is 18.9. The smallest absolute Gasteiger partial charge is 0.410 e. The number of amides is 1. The van der Waals surface area contributed by atoms with Crippen LogP contribution in [0.25, 0.3) is 0 Å². The molecule has 148 valence electrons. The number of aliphatic imine (C=N–C) groups is 1. The quantitative estimate of drug-likeness (QED) is 0.626. The highest BCUT2D eigenvalue weighted by Crippen LogP contribution is 2.58. The molecule has 0 radical (unpaired) electrons. The third-order valence-corrected chi connectivity index (χ3v) is 6.59. The van der Waals surface area contributed by atoms with Crippen molar-refractivity contribution in [2.24, 2.45) is 16.3 Å². The Balaban J connectivity index is 1.86. The highest BCUT2D eigenvalue weighted by molar-refractivity contribution is 6.20. The summed E-state index contributed by atoms with van der Waals surface area (Å²) < 4.78 is 5.64. The van der Waals surface area contributed by atoms with E-state index in [1.54, 1.807) is 4.90 Å². The number of rotatable bonds is 0. The number of benzene rings is 1. The Morgan fingerprint density at radius 1 is 1.32 bits per heavy atom. The molecule has 1 saturated heterocycles. The second kappa shape index (κ2) is 5.79. The van der Waals surface area contributed by atoms with E-state index in [9.17, 15) is 9.59 Å². The molecular weight excluding hydrogens is 352 g/mol. The van der Waals surface area contributed by atoms with Crippen molar-refractivity contribution in [3.8, 4) is 0 Å². The number of hydrogen-bond donors (Lipinski definition) is 0. The van der Waals surface area contributed by atoms with Crippen LogP contribution in [0.15, 0.2) is 41.4 Å². The maximum absolute atomic E-state index is 13.3. The predicted molar refractivity (Wildman–Crippen MR) is 109 cm³/mol. The van der Waals surface area contributed by atoms with Crippen molar-refractivity contribution >= 4 is 23.3 Å². The molecule has 4 rings (SSSR count). The van der Waals surface area contributed by atoms with E-state index in [4.69, 9.17) is 9.73 Å². The Kier molecular flexibility index (Phi) is 3.91. The molecule has 1 amide bonds. The lowest BCUT2D eigenvalue weighted by Crippen LogP contribution is -2.57. The van der Waals surface area contributed by atoms with Crippen molar-refractivity contribution < 1.29 is 14.3 Å². The Labute approximate surface area is 166 Å². The molecule has 28 heavy (non-hydrogen) atoms. The largest absolute Gasteiger partial charge is 0.444 e. The molecule has 2 bridgehead atoms. The number of para-hydroxylation sites is 1. The van der Waals surface area contributed by atoms with E-state index in [1.165, 1.54) is 0 Å². The normalized spacial score (nSPS) is 31.7. The van der Waals surface area contributed by atoms with Crippen LogP contribution in [-0.2, 0) is 14.9 Å². The van der Waals surface area contributed by atoms with E-state index in [0.717, 1.165) is 17.0 Å². The van der Waals surface area contributed by atoms with Gasteiger partial charge in [0, 0.05) is 35.7 Å². The lowest BCUT2D eigenvalue weighted by Gasteiger charge is -2.47. The van der Waals surface area contributed by atoms with Crippen LogP contribution in [0.1, 0.15) is 46.6 Å². The van der Waals surface area contributed by atoms with Crippen molar-refractivity contribution in [3.05, 3.63) is 42.0 Å². The zero-order valence-corrected chi connectivity index (χ0v) is 17.3. The molecule has 3 aliphatic rings. The molecule has 2 heterocycles. The monoisotopic (exact) mass is 380 g/mol. The van der Waals surface area contributed by atoms with Gasteiger partial charge in [-0.15, -0.1) is 0 Å². The molecule has 5 heteroatoms. The first-order chi connectivity index (χ1) is 13.0. The van der Waals surface area contributed by atoms with Gasteiger partial charge >= 0.3 is 6.09 Å². The van der Waals surface area contributed by atoms with Gasteiger partial charge < -0.3 is 9.64 Å². The average Bonchev–Trinajstić information content (AvgIpc) is 2.91. The zero-order valence-electron chi connectivity index (χ0n) is 17.3. The van der Waals surface area contributed by atoms with E-state index in [-0.39, 0.29) is 17.8 Å². The van der Waals surface area contributed by atoms with E-state index in [1.807, 2.05) is 52.8 Å². The summed E-state index contributed by atoms with van der Waals surface area (Å²) in [6.45, 7) is 14.6. The van der Waals surface area contributed by atoms with Crippen molar-refractivity contribution in [2.45, 2.75) is 52.1 Å². The number of ketones is 1. The number of nitrogens with zero attached hydrogens (tertiary/aromatic N) is 2. The van der Waals surface area contributed by atoms with Gasteiger partial charge in [-0.25, -0.2) is 4.79 Å². The second-order valence-electron chi connectivity index (χ2n) is 9.50. The SMILES string of the molecule is C=C1C(=O)[C@H](C)[C@@]23CCN(C(=O)OC(C)(C)C)C[C@]1(C)C2=Nc1ccccc13. The summed E-state index contributed by atoms with van der Waals surface area (Å²) in [6, 6.07) is 8.06.